The zero-order valence-corrected chi connectivity index (χ0v) is 10.2. The number of carbonyl (C=O) groups is 1. The summed E-state index contributed by atoms with van der Waals surface area (Å²) in [6.07, 6.45) is 0.324. The van der Waals surface area contributed by atoms with Crippen LogP contribution in [-0.2, 0) is 19.4 Å². The molecule has 6 nitrogen and oxygen atoms in total. The van der Waals surface area contributed by atoms with Gasteiger partial charge in [0.2, 0.25) is 0 Å². The van der Waals surface area contributed by atoms with Crippen LogP contribution in [0.15, 0.2) is 0 Å². The van der Waals surface area contributed by atoms with E-state index in [1.807, 2.05) is 0 Å². The van der Waals surface area contributed by atoms with Crippen LogP contribution in [0, 0.1) is 5.41 Å². The van der Waals surface area contributed by atoms with E-state index in [0.717, 1.165) is 0 Å². The minimum absolute atomic E-state index is 0.00162. The number of hydrogen-bond donors (Lipinski definition) is 2. The lowest BCUT2D eigenvalue weighted by atomic mass is 9.66. The summed E-state index contributed by atoms with van der Waals surface area (Å²) in [5.74, 6) is -1.72. The Morgan fingerprint density at radius 1 is 1.18 bits per heavy atom. The van der Waals surface area contributed by atoms with Crippen LogP contribution in [0.1, 0.15) is 19.3 Å². The van der Waals surface area contributed by atoms with Crippen molar-refractivity contribution >= 4 is 15.8 Å². The fraction of sp³-hybridized carbons (Fsp3) is 0.900. The minimum Gasteiger partial charge on any atom is -0.481 e. The third-order valence-corrected chi connectivity index (χ3v) is 5.68. The lowest BCUT2D eigenvalue weighted by Crippen LogP contribution is -2.56. The van der Waals surface area contributed by atoms with Crippen LogP contribution in [0.25, 0.3) is 0 Å². The quantitative estimate of drug-likeness (QED) is 0.692. The Bertz CT molecular complexity index is 422. The molecule has 2 aliphatic heterocycles. The summed E-state index contributed by atoms with van der Waals surface area (Å²) in [5, 5.41) is 19.8. The van der Waals surface area contributed by atoms with Crippen molar-refractivity contribution in [2.75, 3.05) is 24.7 Å². The highest BCUT2D eigenvalue weighted by molar-refractivity contribution is 7.91. The predicted molar refractivity (Wildman–Crippen MR) is 58.3 cm³/mol. The fourth-order valence-electron chi connectivity index (χ4n) is 2.81. The molecule has 1 atom stereocenters. The van der Waals surface area contributed by atoms with Gasteiger partial charge in [-0.3, -0.25) is 4.79 Å². The molecule has 0 aliphatic carbocycles. The predicted octanol–water partition coefficient (Wildman–Crippen LogP) is -0.583. The lowest BCUT2D eigenvalue weighted by Gasteiger charge is -2.43. The molecule has 7 heteroatoms. The van der Waals surface area contributed by atoms with Crippen molar-refractivity contribution in [1.29, 1.82) is 0 Å². The molecule has 2 N–H and O–H groups in total. The largest absolute Gasteiger partial charge is 0.481 e. The summed E-state index contributed by atoms with van der Waals surface area (Å²) in [4.78, 5) is 11.5. The first-order valence-electron chi connectivity index (χ1n) is 5.55. The van der Waals surface area contributed by atoms with Gasteiger partial charge in [-0.05, 0) is 19.3 Å². The molecule has 2 aliphatic rings. The minimum atomic E-state index is -3.33. The third kappa shape index (κ3) is 1.96. The standard InChI is InChI=1S/C10H16O6S/c11-8(12)9(1-4-16-5-2-9)10(13)3-6-17(14,15)7-10/h13H,1-7H2,(H,11,12). The van der Waals surface area contributed by atoms with Crippen LogP contribution in [0.3, 0.4) is 0 Å². The van der Waals surface area contributed by atoms with Gasteiger partial charge in [-0.1, -0.05) is 0 Å². The Kier molecular flexibility index (Phi) is 2.95. The van der Waals surface area contributed by atoms with E-state index >= 15 is 0 Å². The van der Waals surface area contributed by atoms with Crippen LogP contribution >= 0.6 is 0 Å². The summed E-state index contributed by atoms with van der Waals surface area (Å²) >= 11 is 0. The van der Waals surface area contributed by atoms with Gasteiger partial charge in [-0.2, -0.15) is 0 Å². The van der Waals surface area contributed by atoms with Gasteiger partial charge in [-0.25, -0.2) is 8.42 Å². The van der Waals surface area contributed by atoms with E-state index < -0.39 is 32.6 Å². The molecule has 2 heterocycles. The van der Waals surface area contributed by atoms with Gasteiger partial charge in [0.25, 0.3) is 0 Å². The van der Waals surface area contributed by atoms with E-state index in [0.29, 0.717) is 0 Å². The molecule has 0 radical (unpaired) electrons. The number of sulfone groups is 1. The molecule has 1 unspecified atom stereocenters. The monoisotopic (exact) mass is 264 g/mol. The van der Waals surface area contributed by atoms with Gasteiger partial charge >= 0.3 is 5.97 Å². The molecule has 2 rings (SSSR count). The highest BCUT2D eigenvalue weighted by Crippen LogP contribution is 2.46. The molecule has 0 aromatic heterocycles. The van der Waals surface area contributed by atoms with Gasteiger partial charge in [-0.15, -0.1) is 0 Å². The second-order valence-corrected chi connectivity index (χ2v) is 7.06. The third-order valence-electron chi connectivity index (χ3n) is 3.93. The maximum Gasteiger partial charge on any atom is 0.312 e. The van der Waals surface area contributed by atoms with E-state index in [-0.39, 0.29) is 38.2 Å². The molecule has 17 heavy (non-hydrogen) atoms. The molecule has 0 amide bonds. The first-order valence-corrected chi connectivity index (χ1v) is 7.37. The maximum atomic E-state index is 11.5. The molecule has 2 fully saturated rings. The van der Waals surface area contributed by atoms with E-state index in [9.17, 15) is 23.4 Å². The van der Waals surface area contributed by atoms with Crippen LogP contribution in [0.5, 0.6) is 0 Å². The zero-order chi connectivity index (χ0) is 12.7. The normalized spacial score (nSPS) is 35.6. The molecule has 2 saturated heterocycles. The highest BCUT2D eigenvalue weighted by atomic mass is 32.2. The Morgan fingerprint density at radius 3 is 2.18 bits per heavy atom. The van der Waals surface area contributed by atoms with Crippen molar-refractivity contribution in [3.8, 4) is 0 Å². The molecular weight excluding hydrogens is 248 g/mol. The summed E-state index contributed by atoms with van der Waals surface area (Å²) in [7, 11) is -3.33. The number of aliphatic carboxylic acids is 1. The van der Waals surface area contributed by atoms with Crippen molar-refractivity contribution in [3.05, 3.63) is 0 Å². The molecule has 0 spiro atoms. The van der Waals surface area contributed by atoms with Crippen molar-refractivity contribution in [3.63, 3.8) is 0 Å². The lowest BCUT2D eigenvalue weighted by molar-refractivity contribution is -0.179. The molecule has 0 aromatic rings. The zero-order valence-electron chi connectivity index (χ0n) is 9.39. The molecule has 0 bridgehead atoms. The Balaban J connectivity index is 2.37. The van der Waals surface area contributed by atoms with Gasteiger partial charge in [0.1, 0.15) is 5.41 Å². The highest BCUT2D eigenvalue weighted by Gasteiger charge is 2.60. The smallest absolute Gasteiger partial charge is 0.312 e. The Labute approximate surface area is 99.5 Å². The SMILES string of the molecule is O=C(O)C1(C2(O)CCS(=O)(=O)C2)CCOCC1. The topological polar surface area (TPSA) is 101 Å². The van der Waals surface area contributed by atoms with Crippen LogP contribution in [0.2, 0.25) is 0 Å². The maximum absolute atomic E-state index is 11.5. The number of hydrogen-bond acceptors (Lipinski definition) is 5. The number of ether oxygens (including phenoxy) is 1. The average Bonchev–Trinajstić information content (AvgIpc) is 2.55. The van der Waals surface area contributed by atoms with Crippen molar-refractivity contribution in [2.24, 2.45) is 5.41 Å². The summed E-state index contributed by atoms with van der Waals surface area (Å²) < 4.78 is 28.0. The van der Waals surface area contributed by atoms with Crippen LogP contribution in [-0.4, -0.2) is 54.9 Å². The molecular formula is C10H16O6S. The van der Waals surface area contributed by atoms with Crippen LogP contribution < -0.4 is 0 Å². The van der Waals surface area contributed by atoms with Crippen molar-refractivity contribution in [2.45, 2.75) is 24.9 Å². The summed E-state index contributed by atoms with van der Waals surface area (Å²) in [5.41, 5.74) is -3.03. The van der Waals surface area contributed by atoms with E-state index in [4.69, 9.17) is 4.74 Å². The van der Waals surface area contributed by atoms with E-state index in [1.54, 1.807) is 0 Å². The molecule has 0 aromatic carbocycles. The van der Waals surface area contributed by atoms with Gasteiger partial charge in [0, 0.05) is 13.2 Å². The van der Waals surface area contributed by atoms with Crippen LogP contribution in [0.4, 0.5) is 0 Å². The van der Waals surface area contributed by atoms with Gasteiger partial charge in [0.05, 0.1) is 17.1 Å². The first-order chi connectivity index (χ1) is 7.81. The summed E-state index contributed by atoms with van der Waals surface area (Å²) in [6, 6.07) is 0. The van der Waals surface area contributed by atoms with E-state index in [2.05, 4.69) is 0 Å². The number of carboxylic acids is 1. The number of carboxylic acid groups (broad SMARTS) is 1. The second kappa shape index (κ2) is 3.93. The Morgan fingerprint density at radius 2 is 1.76 bits per heavy atom. The molecule has 0 saturated carbocycles. The number of rotatable bonds is 2. The van der Waals surface area contributed by atoms with Gasteiger partial charge < -0.3 is 14.9 Å². The molecule has 98 valence electrons. The summed E-state index contributed by atoms with van der Waals surface area (Å²) in [6.45, 7) is 0.489. The van der Waals surface area contributed by atoms with E-state index in [1.165, 1.54) is 0 Å². The average molecular weight is 264 g/mol. The first kappa shape index (κ1) is 12.8. The second-order valence-electron chi connectivity index (χ2n) is 4.87. The van der Waals surface area contributed by atoms with Gasteiger partial charge in [0.15, 0.2) is 9.84 Å². The number of aliphatic hydroxyl groups is 1. The van der Waals surface area contributed by atoms with Crippen molar-refractivity contribution in [1.82, 2.24) is 0 Å². The fourth-order valence-corrected chi connectivity index (χ4v) is 4.75. The Hall–Kier alpha value is -0.660. The van der Waals surface area contributed by atoms with Crippen molar-refractivity contribution < 1.29 is 28.2 Å².